The second-order valence-electron chi connectivity index (χ2n) is 3.78. The Bertz CT molecular complexity index is 442. The number of hydrogen-bond donors (Lipinski definition) is 0. The van der Waals surface area contributed by atoms with Gasteiger partial charge in [-0.1, -0.05) is 15.9 Å². The number of ether oxygens (including phenoxy) is 1. The molecule has 0 saturated heterocycles. The fourth-order valence-corrected chi connectivity index (χ4v) is 2.09. The molecular weight excluding hydrogens is 298 g/mol. The van der Waals surface area contributed by atoms with Gasteiger partial charge in [-0.15, -0.1) is 0 Å². The lowest BCUT2D eigenvalue weighted by Gasteiger charge is -2.19. The molecule has 0 fully saturated rings. The maximum Gasteiger partial charge on any atom is 0.272 e. The molecule has 0 radical (unpaired) electrons. The molecule has 1 aromatic rings. The van der Waals surface area contributed by atoms with Crippen molar-refractivity contribution in [3.8, 4) is 6.07 Å². The molecule has 1 amide bonds. The lowest BCUT2D eigenvalue weighted by molar-refractivity contribution is 0.0778. The van der Waals surface area contributed by atoms with Gasteiger partial charge < -0.3 is 9.64 Å². The lowest BCUT2D eigenvalue weighted by Crippen LogP contribution is -2.34. The van der Waals surface area contributed by atoms with Gasteiger partial charge in [0, 0.05) is 26.9 Å². The van der Waals surface area contributed by atoms with Gasteiger partial charge in [-0.2, -0.15) is 5.26 Å². The summed E-state index contributed by atoms with van der Waals surface area (Å²) in [6, 6.07) is 5.09. The van der Waals surface area contributed by atoms with Crippen LogP contribution >= 0.6 is 15.9 Å². The van der Waals surface area contributed by atoms with Crippen LogP contribution in [0, 0.1) is 11.3 Å². The van der Waals surface area contributed by atoms with Gasteiger partial charge in [0.25, 0.3) is 5.91 Å². The van der Waals surface area contributed by atoms with E-state index in [4.69, 9.17) is 10.00 Å². The molecule has 0 spiro atoms. The van der Waals surface area contributed by atoms with Crippen LogP contribution in [-0.4, -0.2) is 47.9 Å². The Balaban J connectivity index is 2.65. The Morgan fingerprint density at radius 2 is 2.39 bits per heavy atom. The average Bonchev–Trinajstić information content (AvgIpc) is 2.38. The quantitative estimate of drug-likeness (QED) is 0.772. The normalized spacial score (nSPS) is 11.7. The van der Waals surface area contributed by atoms with E-state index in [1.807, 2.05) is 6.07 Å². The first-order chi connectivity index (χ1) is 8.58. The molecule has 6 heteroatoms. The molecule has 0 bridgehead atoms. The number of amides is 1. The summed E-state index contributed by atoms with van der Waals surface area (Å²) in [4.78, 5) is 17.6. The van der Waals surface area contributed by atoms with Crippen molar-refractivity contribution < 1.29 is 9.53 Å². The predicted molar refractivity (Wildman–Crippen MR) is 70.5 cm³/mol. The van der Waals surface area contributed by atoms with Crippen molar-refractivity contribution in [3.63, 3.8) is 0 Å². The number of hydrogen-bond acceptors (Lipinski definition) is 4. The van der Waals surface area contributed by atoms with Gasteiger partial charge in [-0.05, 0) is 12.1 Å². The molecule has 0 aliphatic carbocycles. The zero-order chi connectivity index (χ0) is 13.5. The lowest BCUT2D eigenvalue weighted by atomic mass is 10.2. The highest BCUT2D eigenvalue weighted by atomic mass is 79.9. The number of aromatic nitrogens is 1. The van der Waals surface area contributed by atoms with Crippen LogP contribution in [0.4, 0.5) is 0 Å². The number of nitrogens with zero attached hydrogens (tertiary/aromatic N) is 3. The fraction of sp³-hybridized carbons (Fsp3) is 0.417. The summed E-state index contributed by atoms with van der Waals surface area (Å²) in [5.74, 6) is -0.181. The van der Waals surface area contributed by atoms with Crippen LogP contribution in [0.25, 0.3) is 0 Å². The summed E-state index contributed by atoms with van der Waals surface area (Å²) in [5.41, 5.74) is 0.764. The monoisotopic (exact) mass is 311 g/mol. The van der Waals surface area contributed by atoms with E-state index in [-0.39, 0.29) is 10.7 Å². The zero-order valence-electron chi connectivity index (χ0n) is 10.3. The molecule has 1 atom stereocenters. The van der Waals surface area contributed by atoms with Crippen molar-refractivity contribution in [2.75, 3.05) is 27.3 Å². The summed E-state index contributed by atoms with van der Waals surface area (Å²) in [6.07, 6.45) is 1.39. The number of alkyl halides is 1. The van der Waals surface area contributed by atoms with E-state index in [0.29, 0.717) is 24.4 Å². The minimum atomic E-state index is -0.181. The van der Waals surface area contributed by atoms with Crippen LogP contribution in [0.1, 0.15) is 16.1 Å². The SMILES string of the molecule is COCC(Br)CN(C)C(=O)c1ccc(C#N)cn1. The number of pyridine rings is 1. The second-order valence-corrected chi connectivity index (χ2v) is 5.08. The Morgan fingerprint density at radius 3 is 2.89 bits per heavy atom. The summed E-state index contributed by atoms with van der Waals surface area (Å²) >= 11 is 3.42. The number of halogens is 1. The van der Waals surface area contributed by atoms with Crippen molar-refractivity contribution in [3.05, 3.63) is 29.6 Å². The highest BCUT2D eigenvalue weighted by Gasteiger charge is 2.16. The number of methoxy groups -OCH3 is 1. The Kier molecular flexibility index (Phi) is 5.75. The molecular formula is C12H14BrN3O2. The Morgan fingerprint density at radius 1 is 1.67 bits per heavy atom. The summed E-state index contributed by atoms with van der Waals surface area (Å²) in [6.45, 7) is 1.05. The summed E-state index contributed by atoms with van der Waals surface area (Å²) in [7, 11) is 3.31. The molecule has 0 aromatic carbocycles. The molecule has 1 unspecified atom stereocenters. The van der Waals surface area contributed by atoms with E-state index in [1.165, 1.54) is 6.20 Å². The topological polar surface area (TPSA) is 66.2 Å². The van der Waals surface area contributed by atoms with Gasteiger partial charge in [0.1, 0.15) is 11.8 Å². The van der Waals surface area contributed by atoms with Gasteiger partial charge in [0.2, 0.25) is 0 Å². The third-order valence-electron chi connectivity index (χ3n) is 2.28. The first kappa shape index (κ1) is 14.6. The van der Waals surface area contributed by atoms with Crippen molar-refractivity contribution in [1.29, 1.82) is 5.26 Å². The van der Waals surface area contributed by atoms with Crippen LogP contribution in [0.2, 0.25) is 0 Å². The smallest absolute Gasteiger partial charge is 0.272 e. The van der Waals surface area contributed by atoms with Gasteiger partial charge in [-0.25, -0.2) is 4.98 Å². The number of carbonyl (C=O) groups excluding carboxylic acids is 1. The molecule has 0 aliphatic heterocycles. The van der Waals surface area contributed by atoms with Gasteiger partial charge in [0.05, 0.1) is 17.0 Å². The first-order valence-corrected chi connectivity index (χ1v) is 6.24. The zero-order valence-corrected chi connectivity index (χ0v) is 11.8. The number of nitriles is 1. The minimum Gasteiger partial charge on any atom is -0.383 e. The highest BCUT2D eigenvalue weighted by molar-refractivity contribution is 9.09. The number of rotatable bonds is 5. The molecule has 5 nitrogen and oxygen atoms in total. The van der Waals surface area contributed by atoms with Gasteiger partial charge in [-0.3, -0.25) is 4.79 Å². The highest BCUT2D eigenvalue weighted by Crippen LogP contribution is 2.06. The van der Waals surface area contributed by atoms with Crippen LogP contribution in [-0.2, 0) is 4.74 Å². The van der Waals surface area contributed by atoms with E-state index >= 15 is 0 Å². The molecule has 1 rings (SSSR count). The molecule has 0 saturated carbocycles. The van der Waals surface area contributed by atoms with Crippen LogP contribution in [0.5, 0.6) is 0 Å². The maximum absolute atomic E-state index is 12.0. The molecule has 18 heavy (non-hydrogen) atoms. The molecule has 0 N–H and O–H groups in total. The van der Waals surface area contributed by atoms with E-state index < -0.39 is 0 Å². The van der Waals surface area contributed by atoms with E-state index in [2.05, 4.69) is 20.9 Å². The molecule has 1 aromatic heterocycles. The average molecular weight is 312 g/mol. The minimum absolute atomic E-state index is 0.0785. The van der Waals surface area contributed by atoms with Crippen molar-refractivity contribution in [2.45, 2.75) is 4.83 Å². The molecule has 0 aliphatic rings. The van der Waals surface area contributed by atoms with E-state index in [9.17, 15) is 4.79 Å². The third-order valence-corrected chi connectivity index (χ3v) is 2.83. The Hall–Kier alpha value is -1.45. The summed E-state index contributed by atoms with van der Waals surface area (Å²) < 4.78 is 4.98. The Labute approximate surface area is 115 Å². The molecule has 96 valence electrons. The van der Waals surface area contributed by atoms with Crippen LogP contribution < -0.4 is 0 Å². The van der Waals surface area contributed by atoms with Crippen LogP contribution in [0.15, 0.2) is 18.3 Å². The third kappa shape index (κ3) is 4.09. The van der Waals surface area contributed by atoms with E-state index in [0.717, 1.165) is 0 Å². The molecule has 1 heterocycles. The van der Waals surface area contributed by atoms with Crippen molar-refractivity contribution in [2.24, 2.45) is 0 Å². The first-order valence-electron chi connectivity index (χ1n) is 5.33. The second kappa shape index (κ2) is 7.09. The standard InChI is InChI=1S/C12H14BrN3O2/c1-16(7-10(13)8-18-2)12(17)11-4-3-9(5-14)6-15-11/h3-4,6,10H,7-8H2,1-2H3. The summed E-state index contributed by atoms with van der Waals surface area (Å²) in [5, 5.41) is 8.65. The largest absolute Gasteiger partial charge is 0.383 e. The van der Waals surface area contributed by atoms with Crippen molar-refractivity contribution in [1.82, 2.24) is 9.88 Å². The van der Waals surface area contributed by atoms with Crippen molar-refractivity contribution >= 4 is 21.8 Å². The van der Waals surface area contributed by atoms with Crippen LogP contribution in [0.3, 0.4) is 0 Å². The number of carbonyl (C=O) groups is 1. The fourth-order valence-electron chi connectivity index (χ4n) is 1.40. The van der Waals surface area contributed by atoms with Gasteiger partial charge >= 0.3 is 0 Å². The van der Waals surface area contributed by atoms with Gasteiger partial charge in [0.15, 0.2) is 0 Å². The van der Waals surface area contributed by atoms with E-state index in [1.54, 1.807) is 31.2 Å². The predicted octanol–water partition coefficient (Wildman–Crippen LogP) is 1.44. The maximum atomic E-state index is 12.0.